The Kier molecular flexibility index (Phi) is 4.46. The van der Waals surface area contributed by atoms with Gasteiger partial charge >= 0.3 is 0 Å². The Bertz CT molecular complexity index is 437. The number of anilines is 1. The monoisotopic (exact) mass is 261 g/mol. The number of nitrogens with zero attached hydrogens (tertiary/aromatic N) is 4. The van der Waals surface area contributed by atoms with E-state index in [4.69, 9.17) is 0 Å². The van der Waals surface area contributed by atoms with Gasteiger partial charge in [0.25, 0.3) is 5.91 Å². The van der Waals surface area contributed by atoms with Crippen molar-refractivity contribution < 1.29 is 4.79 Å². The minimum Gasteiger partial charge on any atom is -0.365 e. The van der Waals surface area contributed by atoms with Crippen LogP contribution in [0.25, 0.3) is 0 Å². The summed E-state index contributed by atoms with van der Waals surface area (Å²) in [4.78, 5) is 16.2. The first-order valence-corrected chi connectivity index (χ1v) is 6.37. The van der Waals surface area contributed by atoms with E-state index < -0.39 is 0 Å². The van der Waals surface area contributed by atoms with Crippen molar-refractivity contribution in [2.45, 2.75) is 0 Å². The first kappa shape index (κ1) is 13.5. The summed E-state index contributed by atoms with van der Waals surface area (Å²) >= 11 is 0. The second-order valence-electron chi connectivity index (χ2n) is 4.57. The number of carbonyl (C=O) groups is 1. The molecule has 1 fully saturated rings. The molecule has 0 bridgehead atoms. The standard InChI is InChI=1S/C13H19N5O/c1-3-6-14-12-5-4-11(15-16-12)13(19)18-9-7-17(2)8-10-18/h3-5H,1,6-10H2,2H3,(H,14,16). The average Bonchev–Trinajstić information content (AvgIpc) is 2.46. The molecule has 6 nitrogen and oxygen atoms in total. The number of carbonyl (C=O) groups excluding carboxylic acids is 1. The lowest BCUT2D eigenvalue weighted by molar-refractivity contribution is 0.0657. The molecule has 102 valence electrons. The van der Waals surface area contributed by atoms with Crippen molar-refractivity contribution in [3.63, 3.8) is 0 Å². The lowest BCUT2D eigenvalue weighted by atomic mass is 10.3. The van der Waals surface area contributed by atoms with Gasteiger partial charge in [-0.3, -0.25) is 4.79 Å². The van der Waals surface area contributed by atoms with Crippen molar-refractivity contribution in [2.24, 2.45) is 0 Å². The van der Waals surface area contributed by atoms with Gasteiger partial charge in [0.2, 0.25) is 0 Å². The van der Waals surface area contributed by atoms with Crippen molar-refractivity contribution in [1.82, 2.24) is 20.0 Å². The third kappa shape index (κ3) is 3.51. The topological polar surface area (TPSA) is 61.4 Å². The second kappa shape index (κ2) is 6.29. The van der Waals surface area contributed by atoms with Gasteiger partial charge in [0.15, 0.2) is 5.69 Å². The molecule has 1 aromatic heterocycles. The maximum atomic E-state index is 12.2. The fourth-order valence-corrected chi connectivity index (χ4v) is 1.89. The van der Waals surface area contributed by atoms with Gasteiger partial charge in [0, 0.05) is 32.7 Å². The van der Waals surface area contributed by atoms with Crippen LogP contribution in [0.3, 0.4) is 0 Å². The molecule has 6 heteroatoms. The van der Waals surface area contributed by atoms with Gasteiger partial charge < -0.3 is 15.1 Å². The predicted octanol–water partition coefficient (Wildman–Crippen LogP) is 0.462. The van der Waals surface area contributed by atoms with Crippen LogP contribution in [-0.2, 0) is 0 Å². The summed E-state index contributed by atoms with van der Waals surface area (Å²) in [5, 5.41) is 11.0. The summed E-state index contributed by atoms with van der Waals surface area (Å²) in [5.41, 5.74) is 0.397. The van der Waals surface area contributed by atoms with E-state index in [1.807, 2.05) is 4.90 Å². The van der Waals surface area contributed by atoms with Crippen LogP contribution in [0.15, 0.2) is 24.8 Å². The van der Waals surface area contributed by atoms with E-state index >= 15 is 0 Å². The molecule has 1 aliphatic heterocycles. The first-order valence-electron chi connectivity index (χ1n) is 6.37. The highest BCUT2D eigenvalue weighted by Gasteiger charge is 2.21. The molecule has 0 radical (unpaired) electrons. The SMILES string of the molecule is C=CCNc1ccc(C(=O)N2CCN(C)CC2)nn1. The molecule has 1 aliphatic rings. The Labute approximate surface area is 113 Å². The van der Waals surface area contributed by atoms with Crippen LogP contribution < -0.4 is 5.32 Å². The number of nitrogens with one attached hydrogen (secondary N) is 1. The van der Waals surface area contributed by atoms with Gasteiger partial charge in [-0.1, -0.05) is 6.08 Å². The quantitative estimate of drug-likeness (QED) is 0.798. The summed E-state index contributed by atoms with van der Waals surface area (Å²) < 4.78 is 0. The molecular formula is C13H19N5O. The van der Waals surface area contributed by atoms with Crippen LogP contribution in [-0.4, -0.2) is 65.7 Å². The summed E-state index contributed by atoms with van der Waals surface area (Å²) in [6, 6.07) is 3.47. The molecule has 2 rings (SSSR count). The lowest BCUT2D eigenvalue weighted by Crippen LogP contribution is -2.47. The second-order valence-corrected chi connectivity index (χ2v) is 4.57. The normalized spacial score (nSPS) is 16.2. The van der Waals surface area contributed by atoms with E-state index in [9.17, 15) is 4.79 Å². The lowest BCUT2D eigenvalue weighted by Gasteiger charge is -2.32. The fourth-order valence-electron chi connectivity index (χ4n) is 1.89. The van der Waals surface area contributed by atoms with Gasteiger partial charge in [-0.15, -0.1) is 16.8 Å². The molecule has 0 unspecified atom stereocenters. The molecule has 0 spiro atoms. The zero-order valence-corrected chi connectivity index (χ0v) is 11.2. The molecular weight excluding hydrogens is 242 g/mol. The van der Waals surface area contributed by atoms with E-state index in [1.165, 1.54) is 0 Å². The number of hydrogen-bond acceptors (Lipinski definition) is 5. The molecule has 1 N–H and O–H groups in total. The number of likely N-dealkylation sites (N-methyl/N-ethyl adjacent to an activating group) is 1. The summed E-state index contributed by atoms with van der Waals surface area (Å²) in [7, 11) is 2.06. The van der Waals surface area contributed by atoms with Crippen LogP contribution in [0.2, 0.25) is 0 Å². The van der Waals surface area contributed by atoms with E-state index in [0.717, 1.165) is 26.2 Å². The van der Waals surface area contributed by atoms with E-state index in [1.54, 1.807) is 18.2 Å². The minimum absolute atomic E-state index is 0.0455. The first-order chi connectivity index (χ1) is 9.20. The van der Waals surface area contributed by atoms with Gasteiger partial charge in [-0.2, -0.15) is 0 Å². The van der Waals surface area contributed by atoms with Crippen LogP contribution in [0, 0.1) is 0 Å². The highest BCUT2D eigenvalue weighted by Crippen LogP contribution is 2.07. The molecule has 0 aliphatic carbocycles. The minimum atomic E-state index is -0.0455. The van der Waals surface area contributed by atoms with Gasteiger partial charge in [-0.05, 0) is 19.2 Å². The van der Waals surface area contributed by atoms with Crippen molar-refractivity contribution in [2.75, 3.05) is 45.1 Å². The van der Waals surface area contributed by atoms with Crippen LogP contribution in [0.5, 0.6) is 0 Å². The Balaban J connectivity index is 1.97. The van der Waals surface area contributed by atoms with Crippen molar-refractivity contribution >= 4 is 11.7 Å². The summed E-state index contributed by atoms with van der Waals surface area (Å²) in [6.45, 7) is 7.53. The van der Waals surface area contributed by atoms with Gasteiger partial charge in [-0.25, -0.2) is 0 Å². The van der Waals surface area contributed by atoms with Crippen LogP contribution in [0.4, 0.5) is 5.82 Å². The smallest absolute Gasteiger partial charge is 0.274 e. The van der Waals surface area contributed by atoms with Gasteiger partial charge in [0.05, 0.1) is 0 Å². The van der Waals surface area contributed by atoms with Crippen molar-refractivity contribution in [1.29, 1.82) is 0 Å². The summed E-state index contributed by atoms with van der Waals surface area (Å²) in [5.74, 6) is 0.602. The molecule has 0 aromatic carbocycles. The van der Waals surface area contributed by atoms with Crippen LogP contribution >= 0.6 is 0 Å². The largest absolute Gasteiger partial charge is 0.365 e. The highest BCUT2D eigenvalue weighted by atomic mass is 16.2. The molecule has 2 heterocycles. The third-order valence-electron chi connectivity index (χ3n) is 3.10. The average molecular weight is 261 g/mol. The Hall–Kier alpha value is -1.95. The molecule has 0 saturated carbocycles. The fraction of sp³-hybridized carbons (Fsp3) is 0.462. The van der Waals surface area contributed by atoms with E-state index in [-0.39, 0.29) is 5.91 Å². The van der Waals surface area contributed by atoms with E-state index in [2.05, 4.69) is 34.0 Å². The van der Waals surface area contributed by atoms with Crippen LogP contribution in [0.1, 0.15) is 10.5 Å². The number of amides is 1. The molecule has 1 amide bonds. The van der Waals surface area contributed by atoms with Crippen molar-refractivity contribution in [3.05, 3.63) is 30.5 Å². The Morgan fingerprint density at radius 1 is 1.37 bits per heavy atom. The predicted molar refractivity (Wildman–Crippen MR) is 74.1 cm³/mol. The number of piperazine rings is 1. The maximum Gasteiger partial charge on any atom is 0.274 e. The number of aromatic nitrogens is 2. The molecule has 0 atom stereocenters. The third-order valence-corrected chi connectivity index (χ3v) is 3.10. The Morgan fingerprint density at radius 2 is 2.11 bits per heavy atom. The molecule has 1 saturated heterocycles. The zero-order valence-electron chi connectivity index (χ0n) is 11.2. The van der Waals surface area contributed by atoms with E-state index in [0.29, 0.717) is 18.1 Å². The van der Waals surface area contributed by atoms with Crippen molar-refractivity contribution in [3.8, 4) is 0 Å². The number of hydrogen-bond donors (Lipinski definition) is 1. The molecule has 1 aromatic rings. The Morgan fingerprint density at radius 3 is 2.68 bits per heavy atom. The zero-order chi connectivity index (χ0) is 13.7. The highest BCUT2D eigenvalue weighted by molar-refractivity contribution is 5.92. The van der Waals surface area contributed by atoms with Gasteiger partial charge in [0.1, 0.15) is 5.82 Å². The maximum absolute atomic E-state index is 12.2. The summed E-state index contributed by atoms with van der Waals surface area (Å²) in [6.07, 6.45) is 1.74. The molecule has 19 heavy (non-hydrogen) atoms. The number of rotatable bonds is 4.